The van der Waals surface area contributed by atoms with Crippen molar-refractivity contribution in [2.24, 2.45) is 11.3 Å². The second-order valence-electron chi connectivity index (χ2n) is 8.32. The van der Waals surface area contributed by atoms with Crippen LogP contribution in [0.2, 0.25) is 5.02 Å². The van der Waals surface area contributed by atoms with Crippen molar-refractivity contribution in [1.82, 2.24) is 5.32 Å². The summed E-state index contributed by atoms with van der Waals surface area (Å²) in [6.07, 6.45) is 1.99. The summed E-state index contributed by atoms with van der Waals surface area (Å²) in [4.78, 5) is 12.6. The molecule has 1 aliphatic heterocycles. The van der Waals surface area contributed by atoms with Crippen LogP contribution in [0, 0.1) is 25.2 Å². The van der Waals surface area contributed by atoms with Crippen molar-refractivity contribution in [3.05, 3.63) is 69.7 Å². The highest BCUT2D eigenvalue weighted by molar-refractivity contribution is 6.30. The first-order chi connectivity index (χ1) is 12.4. The molecule has 0 unspecified atom stereocenters. The Morgan fingerprint density at radius 3 is 2.54 bits per heavy atom. The third kappa shape index (κ3) is 2.75. The average Bonchev–Trinajstić information content (AvgIpc) is 2.91. The van der Waals surface area contributed by atoms with E-state index in [1.54, 1.807) is 0 Å². The van der Waals surface area contributed by atoms with E-state index in [9.17, 15) is 4.79 Å². The van der Waals surface area contributed by atoms with Crippen LogP contribution < -0.4 is 5.32 Å². The molecule has 1 saturated carbocycles. The molecule has 1 N–H and O–H groups in total. The molecule has 0 bridgehead atoms. The highest BCUT2D eigenvalue weighted by Gasteiger charge is 2.54. The number of rotatable bonds is 2. The van der Waals surface area contributed by atoms with Crippen LogP contribution in [0.4, 0.5) is 0 Å². The predicted molar refractivity (Wildman–Crippen MR) is 107 cm³/mol. The zero-order valence-corrected chi connectivity index (χ0v) is 16.4. The molecule has 2 aromatic carbocycles. The van der Waals surface area contributed by atoms with Gasteiger partial charge in [0.15, 0.2) is 0 Å². The molecule has 4 atom stereocenters. The van der Waals surface area contributed by atoms with Gasteiger partial charge in [0, 0.05) is 11.6 Å². The Balaban J connectivity index is 1.82. The van der Waals surface area contributed by atoms with Crippen molar-refractivity contribution < 1.29 is 4.79 Å². The average molecular weight is 368 g/mol. The van der Waals surface area contributed by atoms with Crippen LogP contribution >= 0.6 is 11.6 Å². The summed E-state index contributed by atoms with van der Waals surface area (Å²) in [5.41, 5.74) is 5.12. The lowest BCUT2D eigenvalue weighted by Crippen LogP contribution is -2.41. The molecule has 3 heteroatoms. The first-order valence-electron chi connectivity index (χ1n) is 9.51. The minimum absolute atomic E-state index is 0.223. The Kier molecular flexibility index (Phi) is 4.35. The van der Waals surface area contributed by atoms with E-state index in [4.69, 9.17) is 11.6 Å². The van der Waals surface area contributed by atoms with Gasteiger partial charge in [-0.15, -0.1) is 0 Å². The van der Waals surface area contributed by atoms with Crippen molar-refractivity contribution in [2.75, 3.05) is 6.54 Å². The summed E-state index contributed by atoms with van der Waals surface area (Å²) >= 11 is 6.14. The summed E-state index contributed by atoms with van der Waals surface area (Å²) in [5, 5.41) is 3.90. The zero-order valence-electron chi connectivity index (χ0n) is 15.7. The molecular weight excluding hydrogens is 342 g/mol. The van der Waals surface area contributed by atoms with Crippen LogP contribution in [-0.2, 0) is 4.79 Å². The summed E-state index contributed by atoms with van der Waals surface area (Å²) in [6.45, 7) is 7.28. The third-order valence-electron chi connectivity index (χ3n) is 6.74. The molecule has 0 radical (unpaired) electrons. The Labute approximate surface area is 161 Å². The number of benzene rings is 2. The lowest BCUT2D eigenvalue weighted by atomic mass is 9.57. The highest BCUT2D eigenvalue weighted by atomic mass is 35.5. The van der Waals surface area contributed by atoms with Crippen molar-refractivity contribution in [3.8, 4) is 0 Å². The van der Waals surface area contributed by atoms with Crippen LogP contribution in [0.5, 0.6) is 0 Å². The number of hydrogen-bond donors (Lipinski definition) is 1. The number of aryl methyl sites for hydroxylation is 2. The van der Waals surface area contributed by atoms with Crippen molar-refractivity contribution in [3.63, 3.8) is 0 Å². The fourth-order valence-electron chi connectivity index (χ4n) is 5.28. The largest absolute Gasteiger partial charge is 0.355 e. The number of halogens is 1. The van der Waals surface area contributed by atoms with Gasteiger partial charge >= 0.3 is 0 Å². The van der Waals surface area contributed by atoms with Crippen LogP contribution in [-0.4, -0.2) is 12.5 Å². The van der Waals surface area contributed by atoms with Crippen molar-refractivity contribution in [1.29, 1.82) is 0 Å². The van der Waals surface area contributed by atoms with Crippen LogP contribution in [0.15, 0.2) is 42.5 Å². The monoisotopic (exact) mass is 367 g/mol. The van der Waals surface area contributed by atoms with Crippen molar-refractivity contribution >= 4 is 17.5 Å². The quantitative estimate of drug-likeness (QED) is 0.759. The second kappa shape index (κ2) is 6.42. The van der Waals surface area contributed by atoms with Gasteiger partial charge in [0.05, 0.1) is 5.41 Å². The van der Waals surface area contributed by atoms with Gasteiger partial charge in [-0.05, 0) is 73.3 Å². The Hall–Kier alpha value is -1.80. The Morgan fingerprint density at radius 1 is 1.12 bits per heavy atom. The molecule has 1 amide bonds. The van der Waals surface area contributed by atoms with E-state index >= 15 is 0 Å². The lowest BCUT2D eigenvalue weighted by Gasteiger charge is -2.45. The fourth-order valence-corrected chi connectivity index (χ4v) is 5.40. The molecule has 2 nitrogen and oxygen atoms in total. The van der Waals surface area contributed by atoms with Gasteiger partial charge < -0.3 is 5.32 Å². The molecule has 136 valence electrons. The minimum Gasteiger partial charge on any atom is -0.355 e. The van der Waals surface area contributed by atoms with E-state index in [-0.39, 0.29) is 11.3 Å². The van der Waals surface area contributed by atoms with E-state index in [1.165, 1.54) is 22.3 Å². The van der Waals surface area contributed by atoms with Crippen LogP contribution in [0.1, 0.15) is 53.9 Å². The van der Waals surface area contributed by atoms with E-state index in [2.05, 4.69) is 56.4 Å². The van der Waals surface area contributed by atoms with E-state index in [1.807, 2.05) is 12.1 Å². The normalized spacial score (nSPS) is 30.8. The predicted octanol–water partition coefficient (Wildman–Crippen LogP) is 5.37. The molecule has 0 spiro atoms. The SMILES string of the molecule is Cc1ccc([C@@H]2CC[C@@]3(C)C(=O)NC[C@H]3[C@H]2c2ccc(Cl)cc2)c(C)c1. The Bertz CT molecular complexity index is 844. The van der Waals surface area contributed by atoms with E-state index < -0.39 is 0 Å². The molecule has 1 heterocycles. The van der Waals surface area contributed by atoms with Crippen LogP contribution in [0.3, 0.4) is 0 Å². The van der Waals surface area contributed by atoms with Gasteiger partial charge in [0.25, 0.3) is 0 Å². The standard InChI is InChI=1S/C23H26ClNO/c1-14-4-9-18(15(2)12-14)19-10-11-23(3)20(13-25-22(23)26)21(19)16-5-7-17(24)8-6-16/h4-9,12,19-21H,10-11,13H2,1-3H3,(H,25,26)/t19-,20-,21-,23+/m0/s1. The van der Waals surface area contributed by atoms with Gasteiger partial charge in [0.2, 0.25) is 5.91 Å². The maximum atomic E-state index is 12.6. The molecule has 2 fully saturated rings. The first-order valence-corrected chi connectivity index (χ1v) is 9.89. The molecule has 26 heavy (non-hydrogen) atoms. The summed E-state index contributed by atoms with van der Waals surface area (Å²) in [7, 11) is 0. The maximum Gasteiger partial charge on any atom is 0.226 e. The van der Waals surface area contributed by atoms with E-state index in [0.717, 1.165) is 24.4 Å². The maximum absolute atomic E-state index is 12.6. The number of carbonyl (C=O) groups excluding carboxylic acids is 1. The summed E-state index contributed by atoms with van der Waals surface area (Å²) in [6, 6.07) is 15.0. The van der Waals surface area contributed by atoms with Gasteiger partial charge in [0.1, 0.15) is 0 Å². The number of amides is 1. The molecular formula is C23H26ClNO. The van der Waals surface area contributed by atoms with Gasteiger partial charge in [-0.1, -0.05) is 54.4 Å². The fraction of sp³-hybridized carbons (Fsp3) is 0.435. The van der Waals surface area contributed by atoms with Gasteiger partial charge in [-0.3, -0.25) is 4.79 Å². The second-order valence-corrected chi connectivity index (χ2v) is 8.75. The number of carbonyl (C=O) groups is 1. The number of fused-ring (bicyclic) bond motifs is 1. The lowest BCUT2D eigenvalue weighted by molar-refractivity contribution is -0.129. The van der Waals surface area contributed by atoms with E-state index in [0.29, 0.717) is 17.8 Å². The molecule has 0 aromatic heterocycles. The Morgan fingerprint density at radius 2 is 1.85 bits per heavy atom. The molecule has 1 aliphatic carbocycles. The minimum atomic E-state index is -0.264. The molecule has 2 aromatic rings. The number of hydrogen-bond acceptors (Lipinski definition) is 1. The van der Waals surface area contributed by atoms with Crippen molar-refractivity contribution in [2.45, 2.75) is 45.4 Å². The smallest absolute Gasteiger partial charge is 0.226 e. The molecule has 2 aliphatic rings. The topological polar surface area (TPSA) is 29.1 Å². The third-order valence-corrected chi connectivity index (χ3v) is 6.99. The summed E-state index contributed by atoms with van der Waals surface area (Å²) in [5.74, 6) is 1.30. The van der Waals surface area contributed by atoms with Crippen LogP contribution in [0.25, 0.3) is 0 Å². The zero-order chi connectivity index (χ0) is 18.5. The van der Waals surface area contributed by atoms with Gasteiger partial charge in [-0.2, -0.15) is 0 Å². The summed E-state index contributed by atoms with van der Waals surface area (Å²) < 4.78 is 0. The highest BCUT2D eigenvalue weighted by Crippen LogP contribution is 2.57. The molecule has 4 rings (SSSR count). The number of nitrogens with one attached hydrogen (secondary N) is 1. The first kappa shape index (κ1) is 17.6. The van der Waals surface area contributed by atoms with Gasteiger partial charge in [-0.25, -0.2) is 0 Å². The molecule has 1 saturated heterocycles.